The van der Waals surface area contributed by atoms with E-state index in [0.29, 0.717) is 12.1 Å². The maximum absolute atomic E-state index is 12.5. The molecule has 1 fully saturated rings. The van der Waals surface area contributed by atoms with Gasteiger partial charge < -0.3 is 10.1 Å². The lowest BCUT2D eigenvalue weighted by Gasteiger charge is -2.40. The topological polar surface area (TPSA) is 41.6 Å². The van der Waals surface area contributed by atoms with Crippen LogP contribution >= 0.6 is 0 Å². The summed E-state index contributed by atoms with van der Waals surface area (Å²) in [6, 6.07) is 5.72. The zero-order valence-electron chi connectivity index (χ0n) is 14.1. The van der Waals surface area contributed by atoms with Gasteiger partial charge in [0.2, 0.25) is 0 Å². The number of nitrogens with one attached hydrogen (secondary N) is 1. The number of amides is 1. The number of hydrogen-bond acceptors (Lipinski definition) is 3. The molecule has 1 unspecified atom stereocenters. The minimum absolute atomic E-state index is 0.0123. The normalized spacial score (nSPS) is 23.6. The molecule has 1 atom stereocenters. The molecule has 1 saturated heterocycles. The van der Waals surface area contributed by atoms with Crippen LogP contribution < -0.4 is 10.1 Å². The monoisotopic (exact) mass is 314 g/mol. The van der Waals surface area contributed by atoms with Gasteiger partial charge >= 0.3 is 0 Å². The van der Waals surface area contributed by atoms with Crippen molar-refractivity contribution in [2.24, 2.45) is 0 Å². The second-order valence-corrected chi connectivity index (χ2v) is 6.51. The molecular formula is C19H26N2O2. The Morgan fingerprint density at radius 3 is 3.04 bits per heavy atom. The molecule has 1 N–H and O–H groups in total. The predicted octanol–water partition coefficient (Wildman–Crippen LogP) is 2.78. The van der Waals surface area contributed by atoms with Crippen molar-refractivity contribution in [2.75, 3.05) is 26.7 Å². The van der Waals surface area contributed by atoms with E-state index in [2.05, 4.69) is 29.3 Å². The van der Waals surface area contributed by atoms with E-state index >= 15 is 0 Å². The van der Waals surface area contributed by atoms with Crippen molar-refractivity contribution < 1.29 is 9.53 Å². The summed E-state index contributed by atoms with van der Waals surface area (Å²) in [4.78, 5) is 15.0. The van der Waals surface area contributed by atoms with Crippen molar-refractivity contribution in [3.63, 3.8) is 0 Å². The molecule has 1 aromatic carbocycles. The fourth-order valence-corrected chi connectivity index (χ4v) is 3.81. The number of rotatable bonds is 5. The van der Waals surface area contributed by atoms with Gasteiger partial charge in [-0.2, -0.15) is 0 Å². The Balaban J connectivity index is 1.69. The summed E-state index contributed by atoms with van der Waals surface area (Å²) in [5.74, 6) is 0.781. The van der Waals surface area contributed by atoms with Crippen LogP contribution in [0.3, 0.4) is 0 Å². The van der Waals surface area contributed by atoms with E-state index in [0.717, 1.165) is 43.7 Å². The van der Waals surface area contributed by atoms with Crippen LogP contribution in [0, 0.1) is 0 Å². The molecule has 0 saturated carbocycles. The van der Waals surface area contributed by atoms with Gasteiger partial charge in [0.1, 0.15) is 5.75 Å². The smallest absolute Gasteiger partial charge is 0.251 e. The molecule has 23 heavy (non-hydrogen) atoms. The van der Waals surface area contributed by atoms with Crippen LogP contribution in [0.1, 0.15) is 42.1 Å². The SMILES string of the molecule is CCc1ccc(C(=O)NCC23CC=CCN2CCC3)cc1OC. The number of fused-ring (bicyclic) bond motifs is 1. The highest BCUT2D eigenvalue weighted by Crippen LogP contribution is 2.34. The lowest BCUT2D eigenvalue weighted by atomic mass is 9.89. The van der Waals surface area contributed by atoms with Crippen LogP contribution in [-0.4, -0.2) is 43.1 Å². The Bertz CT molecular complexity index is 611. The molecule has 2 aliphatic rings. The van der Waals surface area contributed by atoms with E-state index in [1.54, 1.807) is 7.11 Å². The molecule has 3 rings (SSSR count). The van der Waals surface area contributed by atoms with Crippen molar-refractivity contribution >= 4 is 5.91 Å². The average molecular weight is 314 g/mol. The molecule has 1 aromatic rings. The largest absolute Gasteiger partial charge is 0.496 e. The number of aryl methyl sites for hydroxylation is 1. The summed E-state index contributed by atoms with van der Waals surface area (Å²) in [7, 11) is 1.65. The number of benzene rings is 1. The van der Waals surface area contributed by atoms with Crippen molar-refractivity contribution in [3.05, 3.63) is 41.5 Å². The standard InChI is InChI=1S/C19H26N2O2/c1-3-15-7-8-16(13-17(15)23-2)18(22)20-14-19-9-4-5-11-21(19)12-6-10-19/h4-5,7-8,13H,3,6,9-12,14H2,1-2H3,(H,20,22). The summed E-state index contributed by atoms with van der Waals surface area (Å²) < 4.78 is 5.39. The summed E-state index contributed by atoms with van der Waals surface area (Å²) in [5, 5.41) is 3.15. The van der Waals surface area contributed by atoms with Gasteiger partial charge in [0.05, 0.1) is 7.11 Å². The highest BCUT2D eigenvalue weighted by molar-refractivity contribution is 5.94. The van der Waals surface area contributed by atoms with E-state index in [1.165, 1.54) is 6.42 Å². The van der Waals surface area contributed by atoms with Gasteiger partial charge in [0.15, 0.2) is 0 Å². The molecule has 0 spiro atoms. The van der Waals surface area contributed by atoms with Gasteiger partial charge in [-0.1, -0.05) is 25.1 Å². The second kappa shape index (κ2) is 6.75. The van der Waals surface area contributed by atoms with E-state index in [9.17, 15) is 4.79 Å². The zero-order valence-corrected chi connectivity index (χ0v) is 14.1. The van der Waals surface area contributed by atoms with Crippen LogP contribution in [-0.2, 0) is 6.42 Å². The van der Waals surface area contributed by atoms with Crippen molar-refractivity contribution in [3.8, 4) is 5.75 Å². The Morgan fingerprint density at radius 1 is 1.39 bits per heavy atom. The fourth-order valence-electron chi connectivity index (χ4n) is 3.81. The summed E-state index contributed by atoms with van der Waals surface area (Å²) in [6.07, 6.45) is 8.81. The van der Waals surface area contributed by atoms with Crippen LogP contribution in [0.25, 0.3) is 0 Å². The number of methoxy groups -OCH3 is 1. The van der Waals surface area contributed by atoms with Crippen LogP contribution in [0.4, 0.5) is 0 Å². The molecular weight excluding hydrogens is 288 g/mol. The first-order chi connectivity index (χ1) is 11.2. The highest BCUT2D eigenvalue weighted by Gasteiger charge is 2.40. The summed E-state index contributed by atoms with van der Waals surface area (Å²) in [6.45, 7) is 4.95. The quantitative estimate of drug-likeness (QED) is 0.850. The maximum atomic E-state index is 12.5. The van der Waals surface area contributed by atoms with E-state index < -0.39 is 0 Å². The Kier molecular flexibility index (Phi) is 4.71. The van der Waals surface area contributed by atoms with Gasteiger partial charge in [0, 0.05) is 24.2 Å². The van der Waals surface area contributed by atoms with Crippen molar-refractivity contribution in [1.29, 1.82) is 0 Å². The van der Waals surface area contributed by atoms with Gasteiger partial charge in [-0.05, 0) is 49.9 Å². The number of carbonyl (C=O) groups excluding carboxylic acids is 1. The predicted molar refractivity (Wildman–Crippen MR) is 92.0 cm³/mol. The van der Waals surface area contributed by atoms with Crippen molar-refractivity contribution in [1.82, 2.24) is 10.2 Å². The number of nitrogens with zero attached hydrogens (tertiary/aromatic N) is 1. The number of carbonyl (C=O) groups is 1. The molecule has 0 bridgehead atoms. The molecule has 2 aliphatic heterocycles. The lowest BCUT2D eigenvalue weighted by Crippen LogP contribution is -2.53. The fraction of sp³-hybridized carbons (Fsp3) is 0.526. The van der Waals surface area contributed by atoms with E-state index in [4.69, 9.17) is 4.74 Å². The first kappa shape index (κ1) is 16.1. The molecule has 0 radical (unpaired) electrons. The van der Waals surface area contributed by atoms with Gasteiger partial charge in [-0.3, -0.25) is 9.69 Å². The molecule has 0 aromatic heterocycles. The number of hydrogen-bond donors (Lipinski definition) is 1. The molecule has 0 aliphatic carbocycles. The van der Waals surface area contributed by atoms with Gasteiger partial charge in [0.25, 0.3) is 5.91 Å². The van der Waals surface area contributed by atoms with Gasteiger partial charge in [-0.15, -0.1) is 0 Å². The Labute approximate surface area is 138 Å². The Hall–Kier alpha value is -1.81. The van der Waals surface area contributed by atoms with E-state index in [-0.39, 0.29) is 11.4 Å². The third kappa shape index (κ3) is 3.13. The second-order valence-electron chi connectivity index (χ2n) is 6.51. The van der Waals surface area contributed by atoms with Crippen molar-refractivity contribution in [2.45, 2.75) is 38.1 Å². The van der Waals surface area contributed by atoms with E-state index in [1.807, 2.05) is 18.2 Å². The molecule has 2 heterocycles. The molecule has 124 valence electrons. The maximum Gasteiger partial charge on any atom is 0.251 e. The lowest BCUT2D eigenvalue weighted by molar-refractivity contribution is 0.0892. The molecule has 4 heteroatoms. The van der Waals surface area contributed by atoms with Gasteiger partial charge in [-0.25, -0.2) is 0 Å². The van der Waals surface area contributed by atoms with Crippen LogP contribution in [0.2, 0.25) is 0 Å². The first-order valence-corrected chi connectivity index (χ1v) is 8.54. The third-order valence-corrected chi connectivity index (χ3v) is 5.24. The highest BCUT2D eigenvalue weighted by atomic mass is 16.5. The zero-order chi connectivity index (χ0) is 16.3. The first-order valence-electron chi connectivity index (χ1n) is 8.54. The number of ether oxygens (including phenoxy) is 1. The summed E-state index contributed by atoms with van der Waals surface area (Å²) in [5.41, 5.74) is 1.92. The average Bonchev–Trinajstić information content (AvgIpc) is 3.03. The van der Waals surface area contributed by atoms with Crippen LogP contribution in [0.15, 0.2) is 30.4 Å². The Morgan fingerprint density at radius 2 is 2.26 bits per heavy atom. The third-order valence-electron chi connectivity index (χ3n) is 5.24. The molecule has 1 amide bonds. The summed E-state index contributed by atoms with van der Waals surface area (Å²) >= 11 is 0. The minimum atomic E-state index is -0.0123. The van der Waals surface area contributed by atoms with Crippen LogP contribution in [0.5, 0.6) is 5.75 Å². The minimum Gasteiger partial charge on any atom is -0.496 e. The molecule has 4 nitrogen and oxygen atoms in total.